The molecule has 544 valence electrons. The van der Waals surface area contributed by atoms with Gasteiger partial charge in [-0.3, -0.25) is 38.6 Å². The minimum Gasteiger partial charge on any atom is -0.508 e. The van der Waals surface area contributed by atoms with Gasteiger partial charge in [-0.25, -0.2) is 0 Å². The first-order chi connectivity index (χ1) is 51.5. The van der Waals surface area contributed by atoms with Crippen LogP contribution < -0.4 is 18.9 Å². The molecule has 2 heterocycles. The zero-order valence-electron chi connectivity index (χ0n) is 59.6. The maximum atomic E-state index is 16.6. The predicted octanol–water partition coefficient (Wildman–Crippen LogP) is 14.2. The Kier molecular flexibility index (Phi) is 21.9. The van der Waals surface area contributed by atoms with E-state index in [4.69, 9.17) is 18.9 Å². The van der Waals surface area contributed by atoms with Crippen molar-refractivity contribution in [1.29, 1.82) is 0 Å². The van der Waals surface area contributed by atoms with Crippen molar-refractivity contribution in [2.45, 2.75) is 104 Å². The van der Waals surface area contributed by atoms with Gasteiger partial charge in [0.1, 0.15) is 69.6 Å². The quantitative estimate of drug-likeness (QED) is 0.0130. The number of hydrogen-bond acceptors (Lipinski definition) is 16. The van der Waals surface area contributed by atoms with E-state index >= 15 is 28.8 Å². The number of aliphatic hydroxyl groups excluding tert-OH is 4. The number of rotatable bonds is 32. The maximum Gasteiger partial charge on any atom is 0.262 e. The summed E-state index contributed by atoms with van der Waals surface area (Å²) in [5.41, 5.74) is 4.57. The first kappa shape index (κ1) is 72.9. The molecule has 0 fully saturated rings. The molecule has 11 aromatic carbocycles. The van der Waals surface area contributed by atoms with Gasteiger partial charge < -0.3 is 59.4 Å². The van der Waals surface area contributed by atoms with E-state index in [1.165, 1.54) is 58.3 Å². The van der Waals surface area contributed by atoms with Gasteiger partial charge in [0.2, 0.25) is 11.8 Å². The van der Waals surface area contributed by atoms with Gasteiger partial charge in [-0.15, -0.1) is 0 Å². The summed E-state index contributed by atoms with van der Waals surface area (Å²) < 4.78 is 29.1. The molecule has 2 atom stereocenters. The molecule has 20 nitrogen and oxygen atoms in total. The number of fused-ring (bicyclic) bond motifs is 2. The summed E-state index contributed by atoms with van der Waals surface area (Å²) in [5.74, 6) is -4.09. The lowest BCUT2D eigenvalue weighted by atomic mass is 9.80. The SMILES string of the molecule is CCCc1ccc(Oc2cc3c4c(cc(Oc5ccc(CCC)cc5)c5c6c(Oc7ccc(CCC)cc7)cc7c8c(cc(Oc9ccc(CCC)cc9)c(c2c45)c86)C(=O)N(C(Cc2ccc(O)cc2)C(=O)N(CCO)CCO)C7=O)C(=O)N(C(Cc2ccc(O)cc2)C(=O)N(CCO)CCO)C3=O)cc1. The van der Waals surface area contributed by atoms with Crippen LogP contribution in [0.5, 0.6) is 57.5 Å². The lowest BCUT2D eigenvalue weighted by molar-refractivity contribution is -0.137. The highest BCUT2D eigenvalue weighted by Gasteiger charge is 2.47. The fourth-order valence-corrected chi connectivity index (χ4v) is 14.8. The molecule has 0 aromatic heterocycles. The van der Waals surface area contributed by atoms with Crippen LogP contribution in [0.4, 0.5) is 0 Å². The van der Waals surface area contributed by atoms with Crippen LogP contribution in [0.2, 0.25) is 0 Å². The normalized spacial score (nSPS) is 13.3. The number of benzene rings is 11. The van der Waals surface area contributed by atoms with E-state index < -0.39 is 74.0 Å². The Morgan fingerprint density at radius 2 is 0.557 bits per heavy atom. The van der Waals surface area contributed by atoms with Crippen molar-refractivity contribution in [3.05, 3.63) is 225 Å². The molecule has 13 rings (SSSR count). The number of phenolic OH excluding ortho intramolecular Hbond substituents is 2. The highest BCUT2D eigenvalue weighted by atomic mass is 16.5. The van der Waals surface area contributed by atoms with E-state index in [9.17, 15) is 30.6 Å². The minimum atomic E-state index is -1.63. The lowest BCUT2D eigenvalue weighted by Gasteiger charge is -2.37. The highest BCUT2D eigenvalue weighted by molar-refractivity contribution is 6.45. The number of aliphatic hydroxyl groups is 4. The summed E-state index contributed by atoms with van der Waals surface area (Å²) in [4.78, 5) is 101. The summed E-state index contributed by atoms with van der Waals surface area (Å²) in [6.45, 7) is 5.14. The van der Waals surface area contributed by atoms with Crippen LogP contribution in [0, 0.1) is 0 Å². The Morgan fingerprint density at radius 3 is 0.774 bits per heavy atom. The van der Waals surface area contributed by atoms with Gasteiger partial charge in [0, 0.05) is 82.1 Å². The van der Waals surface area contributed by atoms with Crippen molar-refractivity contribution < 1.29 is 78.4 Å². The Bertz CT molecular complexity index is 4540. The van der Waals surface area contributed by atoms with Crippen molar-refractivity contribution in [3.63, 3.8) is 0 Å². The van der Waals surface area contributed by atoms with E-state index in [0.717, 1.165) is 83.4 Å². The van der Waals surface area contributed by atoms with Crippen LogP contribution in [0.3, 0.4) is 0 Å². The summed E-state index contributed by atoms with van der Waals surface area (Å²) >= 11 is 0. The van der Waals surface area contributed by atoms with Crippen molar-refractivity contribution in [3.8, 4) is 57.5 Å². The zero-order chi connectivity index (χ0) is 74.4. The van der Waals surface area contributed by atoms with Gasteiger partial charge in [-0.05, 0) is 156 Å². The van der Waals surface area contributed by atoms with E-state index in [1.54, 1.807) is 72.8 Å². The number of aromatic hydroxyl groups is 2. The number of aryl methyl sites for hydroxylation is 4. The Morgan fingerprint density at radius 1 is 0.330 bits per heavy atom. The first-order valence-corrected chi connectivity index (χ1v) is 36.3. The summed E-state index contributed by atoms with van der Waals surface area (Å²) in [6.07, 6.45) is 5.84. The summed E-state index contributed by atoms with van der Waals surface area (Å²) in [5, 5.41) is 64.0. The number of nitrogens with zero attached hydrogens (tertiary/aromatic N) is 4. The molecule has 0 saturated carbocycles. The Hall–Kier alpha value is -11.4. The molecule has 6 N–H and O–H groups in total. The van der Waals surface area contributed by atoms with Crippen LogP contribution in [0.15, 0.2) is 170 Å². The molecule has 2 aliphatic heterocycles. The predicted molar refractivity (Wildman–Crippen MR) is 403 cm³/mol. The monoisotopic (exact) mass is 1430 g/mol. The fourth-order valence-electron chi connectivity index (χ4n) is 14.8. The third kappa shape index (κ3) is 14.4. The molecule has 2 aliphatic rings. The average Bonchev–Trinajstić information content (AvgIpc) is 0.671. The third-order valence-electron chi connectivity index (χ3n) is 19.7. The second-order valence-corrected chi connectivity index (χ2v) is 27.0. The first-order valence-electron chi connectivity index (χ1n) is 36.3. The van der Waals surface area contributed by atoms with Crippen molar-refractivity contribution in [1.82, 2.24) is 19.6 Å². The number of amides is 6. The standard InChI is InChI=1S/C86H84N4O16/c1-5-9-51-17-29-59(30-18-51)103-69-47-63-73-64(82(98)89(81(63)97)67(45-55-13-25-57(95)26-14-55)85(101)87(37-41-91)38-42-92)49-71(105-61-33-21-53(11-7-3)22-34-61)77-78-72(106-62-35-23-54(12-8-4)24-36-62)50-66-74-65(48-70(76(80(74)78)75(69)79(73)77)104-60-31-19-52(10-6-2)20-32-60)83(99)90(84(66)100)68(46-56-15-27-58(96)28-16-56)86(102)88(39-43-93)40-44-94/h13-36,47-50,67-68,91-96H,5-12,37-46H2,1-4H3. The van der Waals surface area contributed by atoms with E-state index in [-0.39, 0.29) is 139 Å². The van der Waals surface area contributed by atoms with E-state index in [2.05, 4.69) is 27.7 Å². The molecule has 0 aliphatic carbocycles. The maximum absolute atomic E-state index is 16.6. The second kappa shape index (κ2) is 31.9. The topological polar surface area (TPSA) is 274 Å². The average molecular weight is 1430 g/mol. The summed E-state index contributed by atoms with van der Waals surface area (Å²) in [6, 6.07) is 44.6. The number of phenols is 2. The second-order valence-electron chi connectivity index (χ2n) is 27.0. The van der Waals surface area contributed by atoms with Crippen LogP contribution in [-0.4, -0.2) is 150 Å². The van der Waals surface area contributed by atoms with Crippen LogP contribution >= 0.6 is 0 Å². The number of hydrogen-bond donors (Lipinski definition) is 6. The number of carbonyl (C=O) groups is 6. The lowest BCUT2D eigenvalue weighted by Crippen LogP contribution is -2.56. The molecule has 0 bridgehead atoms. The molecule has 106 heavy (non-hydrogen) atoms. The molecular weight excluding hydrogens is 1340 g/mol. The van der Waals surface area contributed by atoms with Gasteiger partial charge in [-0.2, -0.15) is 0 Å². The molecule has 11 aromatic rings. The largest absolute Gasteiger partial charge is 0.508 e. The Labute approximate surface area is 613 Å². The van der Waals surface area contributed by atoms with Gasteiger partial charge in [0.05, 0.1) is 48.7 Å². The van der Waals surface area contributed by atoms with Crippen LogP contribution in [0.1, 0.15) is 128 Å². The Balaban J connectivity index is 1.20. The molecule has 20 heteroatoms. The molecule has 0 saturated heterocycles. The molecule has 0 radical (unpaired) electrons. The third-order valence-corrected chi connectivity index (χ3v) is 19.7. The van der Waals surface area contributed by atoms with Gasteiger partial charge >= 0.3 is 0 Å². The van der Waals surface area contributed by atoms with Gasteiger partial charge in [0.15, 0.2) is 0 Å². The van der Waals surface area contributed by atoms with Gasteiger partial charge in [0.25, 0.3) is 23.6 Å². The van der Waals surface area contributed by atoms with Crippen LogP contribution in [-0.2, 0) is 48.1 Å². The summed E-state index contributed by atoms with van der Waals surface area (Å²) in [7, 11) is 0. The van der Waals surface area contributed by atoms with Gasteiger partial charge in [-0.1, -0.05) is 126 Å². The minimum absolute atomic E-state index is 0.0104. The van der Waals surface area contributed by atoms with Crippen molar-refractivity contribution in [2.24, 2.45) is 0 Å². The fraction of sp³-hybridized carbons (Fsp3) is 0.279. The van der Waals surface area contributed by atoms with Crippen molar-refractivity contribution >= 4 is 78.5 Å². The van der Waals surface area contributed by atoms with E-state index in [1.807, 2.05) is 48.5 Å². The molecule has 0 spiro atoms. The van der Waals surface area contributed by atoms with Crippen LogP contribution in [0.25, 0.3) is 43.1 Å². The zero-order valence-corrected chi connectivity index (χ0v) is 59.6. The van der Waals surface area contributed by atoms with E-state index in [0.29, 0.717) is 34.1 Å². The number of ether oxygens (including phenoxy) is 4. The van der Waals surface area contributed by atoms with Crippen molar-refractivity contribution in [2.75, 3.05) is 52.6 Å². The number of carbonyl (C=O) groups excluding carboxylic acids is 6. The molecule has 2 unspecified atom stereocenters. The smallest absolute Gasteiger partial charge is 0.262 e. The highest BCUT2D eigenvalue weighted by Crippen LogP contribution is 2.58. The number of imide groups is 2. The molecular formula is C86H84N4O16. The molecule has 6 amide bonds.